The highest BCUT2D eigenvalue weighted by molar-refractivity contribution is 5.68. The second-order valence-electron chi connectivity index (χ2n) is 12.3. The predicted octanol–water partition coefficient (Wildman–Crippen LogP) is 11.2. The molecule has 0 fully saturated rings. The molecular weight excluding hydrogens is 480 g/mol. The van der Waals surface area contributed by atoms with Gasteiger partial charge in [0.25, 0.3) is 0 Å². The molecular formula is C35H72N2O2. The van der Waals surface area contributed by atoms with Crippen LogP contribution in [0.15, 0.2) is 0 Å². The van der Waals surface area contributed by atoms with Crippen molar-refractivity contribution in [2.24, 2.45) is 0 Å². The van der Waals surface area contributed by atoms with Crippen LogP contribution in [0.1, 0.15) is 200 Å². The van der Waals surface area contributed by atoms with Crippen LogP contribution in [0.25, 0.3) is 0 Å². The molecule has 0 spiro atoms. The molecule has 0 saturated heterocycles. The summed E-state index contributed by atoms with van der Waals surface area (Å²) in [6, 6.07) is 0. The Bertz CT molecular complexity index is 472. The van der Waals surface area contributed by atoms with E-state index in [1.165, 1.54) is 173 Å². The predicted molar refractivity (Wildman–Crippen MR) is 172 cm³/mol. The van der Waals surface area contributed by atoms with Gasteiger partial charge in [-0.3, -0.25) is 10.2 Å². The molecule has 0 bridgehead atoms. The molecule has 0 aliphatic rings. The van der Waals surface area contributed by atoms with Crippen molar-refractivity contribution in [2.75, 3.05) is 19.6 Å². The van der Waals surface area contributed by atoms with Crippen LogP contribution in [0.3, 0.4) is 0 Å². The third-order valence-electron chi connectivity index (χ3n) is 8.22. The number of rotatable bonds is 34. The summed E-state index contributed by atoms with van der Waals surface area (Å²) in [6.07, 6.45) is 40.2. The fourth-order valence-electron chi connectivity index (χ4n) is 5.61. The Labute approximate surface area is 245 Å². The minimum Gasteiger partial charge on any atom is -0.480 e. The Kier molecular flexibility index (Phi) is 33.1. The Morgan fingerprint density at radius 1 is 0.462 bits per heavy atom. The summed E-state index contributed by atoms with van der Waals surface area (Å²) in [5.41, 5.74) is 3.31. The zero-order valence-electron chi connectivity index (χ0n) is 26.9. The lowest BCUT2D eigenvalue weighted by molar-refractivity contribution is -0.139. The first kappa shape index (κ1) is 38.4. The molecule has 0 aliphatic heterocycles. The number of unbranched alkanes of at least 4 members (excludes halogenated alkanes) is 27. The van der Waals surface area contributed by atoms with E-state index in [1.807, 2.05) is 5.01 Å². The number of carboxylic acid groups (broad SMARTS) is 1. The van der Waals surface area contributed by atoms with E-state index >= 15 is 0 Å². The standard InChI is InChI=1S/C35H72N2O2/c1-3-5-7-8-9-10-11-12-13-14-15-16-17-18-19-20-21-22-23-24-25-26-27-28-29-31-33-37(34-35(38)39)36-32-30-6-4-2/h36H,3-34H2,1-2H3,(H,38,39). The minimum atomic E-state index is -0.743. The molecule has 4 heteroatoms. The van der Waals surface area contributed by atoms with Crippen LogP contribution >= 0.6 is 0 Å². The molecule has 2 N–H and O–H groups in total. The molecule has 0 heterocycles. The van der Waals surface area contributed by atoms with Crippen LogP contribution < -0.4 is 5.43 Å². The SMILES string of the molecule is CCCCCCCCCCCCCCCCCCCCCCCCCCCCN(CC(=O)O)NCCCCC. The third-order valence-corrected chi connectivity index (χ3v) is 8.22. The molecule has 4 nitrogen and oxygen atoms in total. The number of carbonyl (C=O) groups is 1. The highest BCUT2D eigenvalue weighted by Gasteiger charge is 2.08. The van der Waals surface area contributed by atoms with Crippen LogP contribution in [0.4, 0.5) is 0 Å². The summed E-state index contributed by atoms with van der Waals surface area (Å²) in [6.45, 7) is 6.33. The zero-order valence-corrected chi connectivity index (χ0v) is 26.9. The van der Waals surface area contributed by atoms with E-state index in [4.69, 9.17) is 5.11 Å². The number of carboxylic acids is 1. The second kappa shape index (κ2) is 33.6. The average Bonchev–Trinajstić information content (AvgIpc) is 2.92. The van der Waals surface area contributed by atoms with Crippen molar-refractivity contribution in [1.29, 1.82) is 0 Å². The summed E-state index contributed by atoms with van der Waals surface area (Å²) < 4.78 is 0. The number of hydrogen-bond donors (Lipinski definition) is 2. The van der Waals surface area contributed by atoms with Crippen molar-refractivity contribution in [3.63, 3.8) is 0 Å². The molecule has 39 heavy (non-hydrogen) atoms. The van der Waals surface area contributed by atoms with Crippen molar-refractivity contribution < 1.29 is 9.90 Å². The molecule has 0 aromatic rings. The van der Waals surface area contributed by atoms with Gasteiger partial charge in [0, 0.05) is 13.1 Å². The van der Waals surface area contributed by atoms with Gasteiger partial charge >= 0.3 is 5.97 Å². The minimum absolute atomic E-state index is 0.103. The molecule has 0 radical (unpaired) electrons. The highest BCUT2D eigenvalue weighted by atomic mass is 16.4. The van der Waals surface area contributed by atoms with Gasteiger partial charge in [-0.25, -0.2) is 5.01 Å². The molecule has 0 aromatic carbocycles. The van der Waals surface area contributed by atoms with E-state index in [2.05, 4.69) is 19.3 Å². The quantitative estimate of drug-likeness (QED) is 0.0615. The Morgan fingerprint density at radius 2 is 0.744 bits per heavy atom. The monoisotopic (exact) mass is 553 g/mol. The summed E-state index contributed by atoms with van der Waals surface area (Å²) in [5.74, 6) is -0.743. The number of hydrogen-bond acceptors (Lipinski definition) is 3. The number of nitrogens with one attached hydrogen (secondary N) is 1. The van der Waals surface area contributed by atoms with Crippen LogP contribution in [0.2, 0.25) is 0 Å². The lowest BCUT2D eigenvalue weighted by Gasteiger charge is -2.21. The van der Waals surface area contributed by atoms with Gasteiger partial charge in [0.1, 0.15) is 6.54 Å². The third kappa shape index (κ3) is 33.5. The van der Waals surface area contributed by atoms with Gasteiger partial charge in [-0.15, -0.1) is 0 Å². The average molecular weight is 553 g/mol. The van der Waals surface area contributed by atoms with E-state index in [-0.39, 0.29) is 6.54 Å². The lowest BCUT2D eigenvalue weighted by atomic mass is 10.0. The Balaban J connectivity index is 3.24. The summed E-state index contributed by atoms with van der Waals surface area (Å²) in [5, 5.41) is 11.0. The Morgan fingerprint density at radius 3 is 1.05 bits per heavy atom. The van der Waals surface area contributed by atoms with Crippen LogP contribution in [0.5, 0.6) is 0 Å². The largest absolute Gasteiger partial charge is 0.480 e. The molecule has 0 aliphatic carbocycles. The molecule has 0 atom stereocenters. The van der Waals surface area contributed by atoms with Gasteiger partial charge in [-0.2, -0.15) is 0 Å². The molecule has 0 unspecified atom stereocenters. The van der Waals surface area contributed by atoms with Gasteiger partial charge in [0.05, 0.1) is 0 Å². The molecule has 0 aromatic heterocycles. The highest BCUT2D eigenvalue weighted by Crippen LogP contribution is 2.16. The van der Waals surface area contributed by atoms with E-state index in [9.17, 15) is 4.79 Å². The molecule has 234 valence electrons. The summed E-state index contributed by atoms with van der Waals surface area (Å²) in [7, 11) is 0. The zero-order chi connectivity index (χ0) is 28.5. The summed E-state index contributed by atoms with van der Waals surface area (Å²) in [4.78, 5) is 11.1. The number of nitrogens with zero attached hydrogens (tertiary/aromatic N) is 1. The maximum absolute atomic E-state index is 11.1. The van der Waals surface area contributed by atoms with E-state index in [0.717, 1.165) is 25.9 Å². The smallest absolute Gasteiger partial charge is 0.319 e. The van der Waals surface area contributed by atoms with Gasteiger partial charge < -0.3 is 5.11 Å². The summed E-state index contributed by atoms with van der Waals surface area (Å²) >= 11 is 0. The van der Waals surface area contributed by atoms with Crippen LogP contribution in [-0.4, -0.2) is 35.7 Å². The topological polar surface area (TPSA) is 52.6 Å². The molecule has 0 saturated carbocycles. The molecule has 0 amide bonds. The van der Waals surface area contributed by atoms with Crippen molar-refractivity contribution in [3.8, 4) is 0 Å². The van der Waals surface area contributed by atoms with Gasteiger partial charge in [0.2, 0.25) is 0 Å². The number of hydrazine groups is 1. The van der Waals surface area contributed by atoms with Crippen molar-refractivity contribution >= 4 is 5.97 Å². The maximum atomic E-state index is 11.1. The van der Waals surface area contributed by atoms with Crippen molar-refractivity contribution in [2.45, 2.75) is 200 Å². The Hall–Kier alpha value is -0.610. The van der Waals surface area contributed by atoms with Crippen molar-refractivity contribution in [1.82, 2.24) is 10.4 Å². The maximum Gasteiger partial charge on any atom is 0.319 e. The first-order chi connectivity index (χ1) is 19.2. The van der Waals surface area contributed by atoms with Crippen LogP contribution in [0, 0.1) is 0 Å². The van der Waals surface area contributed by atoms with E-state index in [0.29, 0.717) is 0 Å². The normalized spacial score (nSPS) is 11.6. The fraction of sp³-hybridized carbons (Fsp3) is 0.971. The fourth-order valence-corrected chi connectivity index (χ4v) is 5.61. The van der Waals surface area contributed by atoms with Gasteiger partial charge in [-0.1, -0.05) is 187 Å². The van der Waals surface area contributed by atoms with E-state index in [1.54, 1.807) is 0 Å². The lowest BCUT2D eigenvalue weighted by Crippen LogP contribution is -2.42. The van der Waals surface area contributed by atoms with Gasteiger partial charge in [-0.05, 0) is 12.8 Å². The molecule has 0 rings (SSSR count). The van der Waals surface area contributed by atoms with E-state index < -0.39 is 5.97 Å². The van der Waals surface area contributed by atoms with Gasteiger partial charge in [0.15, 0.2) is 0 Å². The van der Waals surface area contributed by atoms with Crippen molar-refractivity contribution in [3.05, 3.63) is 0 Å². The first-order valence-electron chi connectivity index (χ1n) is 17.9. The first-order valence-corrected chi connectivity index (χ1v) is 17.9. The van der Waals surface area contributed by atoms with Crippen LogP contribution in [-0.2, 0) is 4.79 Å². The number of aliphatic carboxylic acids is 1. The second-order valence-corrected chi connectivity index (χ2v) is 12.3.